The van der Waals surface area contributed by atoms with Crippen molar-refractivity contribution < 1.29 is 4.79 Å². The molecule has 0 aromatic carbocycles. The van der Waals surface area contributed by atoms with Crippen molar-refractivity contribution in [2.75, 3.05) is 13.1 Å². The fourth-order valence-corrected chi connectivity index (χ4v) is 2.97. The van der Waals surface area contributed by atoms with E-state index in [0.717, 1.165) is 18.2 Å². The van der Waals surface area contributed by atoms with Crippen LogP contribution in [0.1, 0.15) is 43.3 Å². The lowest BCUT2D eigenvalue weighted by Crippen LogP contribution is -2.54. The van der Waals surface area contributed by atoms with Gasteiger partial charge in [0.1, 0.15) is 5.82 Å². The summed E-state index contributed by atoms with van der Waals surface area (Å²) in [5.74, 6) is 2.45. The maximum absolute atomic E-state index is 11.7. The number of amides is 1. The summed E-state index contributed by atoms with van der Waals surface area (Å²) in [5.41, 5.74) is 0. The van der Waals surface area contributed by atoms with Crippen LogP contribution in [0, 0.1) is 0 Å². The summed E-state index contributed by atoms with van der Waals surface area (Å²) in [6.45, 7) is 1.53. The van der Waals surface area contributed by atoms with Crippen LogP contribution < -0.4 is 10.6 Å². The highest BCUT2D eigenvalue weighted by Crippen LogP contribution is 2.32. The normalized spacial score (nSPS) is 24.7. The Labute approximate surface area is 113 Å². The summed E-state index contributed by atoms with van der Waals surface area (Å²) in [6.07, 6.45) is 5.58. The fourth-order valence-electron chi connectivity index (χ4n) is 2.97. The first kappa shape index (κ1) is 12.6. The van der Waals surface area contributed by atoms with Gasteiger partial charge in [-0.3, -0.25) is 9.48 Å². The summed E-state index contributed by atoms with van der Waals surface area (Å²) < 4.78 is 1.83. The van der Waals surface area contributed by atoms with Gasteiger partial charge in [-0.15, -0.1) is 0 Å². The van der Waals surface area contributed by atoms with E-state index in [1.165, 1.54) is 25.7 Å². The third-order valence-electron chi connectivity index (χ3n) is 4.11. The van der Waals surface area contributed by atoms with Crippen LogP contribution in [0.25, 0.3) is 0 Å². The molecule has 1 aliphatic heterocycles. The van der Waals surface area contributed by atoms with Gasteiger partial charge in [-0.25, -0.2) is 4.98 Å². The maximum Gasteiger partial charge on any atom is 0.237 e. The van der Waals surface area contributed by atoms with Crippen LogP contribution in [0.15, 0.2) is 0 Å². The van der Waals surface area contributed by atoms with Crippen molar-refractivity contribution in [3.05, 3.63) is 11.6 Å². The molecule has 2 aliphatic rings. The Morgan fingerprint density at radius 1 is 1.32 bits per heavy atom. The summed E-state index contributed by atoms with van der Waals surface area (Å²) >= 11 is 0. The number of rotatable bonds is 3. The molecule has 19 heavy (non-hydrogen) atoms. The number of carbonyl (C=O) groups excluding carboxylic acids is 1. The molecule has 1 aromatic rings. The lowest BCUT2D eigenvalue weighted by molar-refractivity contribution is -0.124. The average molecular weight is 263 g/mol. The quantitative estimate of drug-likeness (QED) is 0.811. The highest BCUT2D eigenvalue weighted by Gasteiger charge is 2.26. The number of aromatic nitrogens is 3. The van der Waals surface area contributed by atoms with Crippen molar-refractivity contribution in [3.63, 3.8) is 0 Å². The van der Waals surface area contributed by atoms with Crippen LogP contribution in [-0.2, 0) is 18.3 Å². The van der Waals surface area contributed by atoms with E-state index < -0.39 is 0 Å². The topological polar surface area (TPSA) is 71.8 Å². The van der Waals surface area contributed by atoms with Crippen LogP contribution in [0.2, 0.25) is 0 Å². The third kappa shape index (κ3) is 2.63. The lowest BCUT2D eigenvalue weighted by atomic mass is 10.1. The number of piperazine rings is 1. The minimum absolute atomic E-state index is 0.0664. The standard InChI is InChI=1S/C13H21N5O/c1-18-11(8-10-13(19)15-7-6-14-10)16-12(17-18)9-4-2-3-5-9/h9-10,14H,2-8H2,1H3,(H,15,19). The van der Waals surface area contributed by atoms with E-state index in [1.54, 1.807) is 0 Å². The first-order valence-electron chi connectivity index (χ1n) is 7.15. The number of nitrogens with zero attached hydrogens (tertiary/aromatic N) is 3. The van der Waals surface area contributed by atoms with Crippen molar-refractivity contribution >= 4 is 5.91 Å². The minimum Gasteiger partial charge on any atom is -0.353 e. The SMILES string of the molecule is Cn1nc(C2CCCC2)nc1CC1NCCNC1=O. The number of carbonyl (C=O) groups is 1. The lowest BCUT2D eigenvalue weighted by Gasteiger charge is -2.22. The zero-order valence-corrected chi connectivity index (χ0v) is 11.4. The van der Waals surface area contributed by atoms with Crippen molar-refractivity contribution in [1.29, 1.82) is 0 Å². The zero-order chi connectivity index (χ0) is 13.2. The highest BCUT2D eigenvalue weighted by molar-refractivity contribution is 5.82. The number of hydrogen-bond donors (Lipinski definition) is 2. The molecule has 2 N–H and O–H groups in total. The molecular weight excluding hydrogens is 242 g/mol. The maximum atomic E-state index is 11.7. The van der Waals surface area contributed by atoms with E-state index in [9.17, 15) is 4.79 Å². The summed E-state index contributed by atoms with van der Waals surface area (Å²) in [7, 11) is 1.92. The first-order valence-corrected chi connectivity index (χ1v) is 7.15. The molecule has 6 heteroatoms. The van der Waals surface area contributed by atoms with E-state index in [4.69, 9.17) is 0 Å². The molecule has 1 amide bonds. The van der Waals surface area contributed by atoms with Gasteiger partial charge in [-0.05, 0) is 12.8 Å². The van der Waals surface area contributed by atoms with Crippen molar-refractivity contribution in [3.8, 4) is 0 Å². The van der Waals surface area contributed by atoms with Crippen LogP contribution in [0.4, 0.5) is 0 Å². The monoisotopic (exact) mass is 263 g/mol. The molecule has 1 unspecified atom stereocenters. The van der Waals surface area contributed by atoms with Gasteiger partial charge in [0.15, 0.2) is 5.82 Å². The number of aryl methyl sites for hydroxylation is 1. The summed E-state index contributed by atoms with van der Waals surface area (Å²) in [6, 6.07) is -0.173. The van der Waals surface area contributed by atoms with Gasteiger partial charge in [-0.2, -0.15) is 5.10 Å². The second kappa shape index (κ2) is 5.28. The van der Waals surface area contributed by atoms with Gasteiger partial charge in [0, 0.05) is 32.5 Å². The van der Waals surface area contributed by atoms with Gasteiger partial charge >= 0.3 is 0 Å². The van der Waals surface area contributed by atoms with Gasteiger partial charge < -0.3 is 10.6 Å². The van der Waals surface area contributed by atoms with E-state index in [0.29, 0.717) is 18.9 Å². The van der Waals surface area contributed by atoms with Gasteiger partial charge in [0.25, 0.3) is 0 Å². The molecule has 0 radical (unpaired) electrons. The Morgan fingerprint density at radius 2 is 2.11 bits per heavy atom. The second-order valence-corrected chi connectivity index (χ2v) is 5.49. The fraction of sp³-hybridized carbons (Fsp3) is 0.769. The summed E-state index contributed by atoms with van der Waals surface area (Å²) in [5, 5.41) is 10.6. The molecule has 3 rings (SSSR count). The molecule has 1 aliphatic carbocycles. The van der Waals surface area contributed by atoms with E-state index >= 15 is 0 Å². The Balaban J connectivity index is 1.71. The molecule has 6 nitrogen and oxygen atoms in total. The highest BCUT2D eigenvalue weighted by atomic mass is 16.2. The predicted octanol–water partition coefficient (Wildman–Crippen LogP) is 0.103. The van der Waals surface area contributed by atoms with Crippen LogP contribution >= 0.6 is 0 Å². The average Bonchev–Trinajstić information content (AvgIpc) is 3.02. The zero-order valence-electron chi connectivity index (χ0n) is 11.4. The van der Waals surface area contributed by atoms with Crippen LogP contribution in [0.3, 0.4) is 0 Å². The molecule has 0 spiro atoms. The molecule has 1 saturated carbocycles. The van der Waals surface area contributed by atoms with Gasteiger partial charge in [0.2, 0.25) is 5.91 Å². The molecule has 1 aromatic heterocycles. The largest absolute Gasteiger partial charge is 0.353 e. The second-order valence-electron chi connectivity index (χ2n) is 5.49. The Bertz CT molecular complexity index is 464. The van der Waals surface area contributed by atoms with Crippen molar-refractivity contribution in [2.24, 2.45) is 7.05 Å². The smallest absolute Gasteiger partial charge is 0.237 e. The van der Waals surface area contributed by atoms with Crippen molar-refractivity contribution in [2.45, 2.75) is 44.1 Å². The molecule has 1 atom stereocenters. The Morgan fingerprint density at radius 3 is 2.84 bits per heavy atom. The first-order chi connectivity index (χ1) is 9.24. The van der Waals surface area contributed by atoms with Crippen LogP contribution in [-0.4, -0.2) is 39.8 Å². The Hall–Kier alpha value is -1.43. The molecule has 2 heterocycles. The number of nitrogens with one attached hydrogen (secondary N) is 2. The van der Waals surface area contributed by atoms with Crippen molar-refractivity contribution in [1.82, 2.24) is 25.4 Å². The molecule has 1 saturated heterocycles. The Kier molecular flexibility index (Phi) is 3.50. The molecule has 0 bridgehead atoms. The minimum atomic E-state index is -0.173. The van der Waals surface area contributed by atoms with Gasteiger partial charge in [-0.1, -0.05) is 12.8 Å². The third-order valence-corrected chi connectivity index (χ3v) is 4.11. The van der Waals surface area contributed by atoms with E-state index in [2.05, 4.69) is 20.7 Å². The summed E-state index contributed by atoms with van der Waals surface area (Å²) in [4.78, 5) is 16.4. The number of hydrogen-bond acceptors (Lipinski definition) is 4. The molecule has 2 fully saturated rings. The molecule has 104 valence electrons. The molecular formula is C13H21N5O. The van der Waals surface area contributed by atoms with E-state index in [-0.39, 0.29) is 11.9 Å². The predicted molar refractivity (Wildman–Crippen MR) is 70.7 cm³/mol. The van der Waals surface area contributed by atoms with E-state index in [1.807, 2.05) is 11.7 Å². The van der Waals surface area contributed by atoms with Gasteiger partial charge in [0.05, 0.1) is 6.04 Å². The van der Waals surface area contributed by atoms with Crippen LogP contribution in [0.5, 0.6) is 0 Å².